The van der Waals surface area contributed by atoms with Crippen molar-refractivity contribution in [2.75, 3.05) is 11.1 Å². The highest BCUT2D eigenvalue weighted by Gasteiger charge is 2.10. The summed E-state index contributed by atoms with van der Waals surface area (Å²) in [6, 6.07) is 13.5. The third-order valence-corrected chi connectivity index (χ3v) is 3.60. The van der Waals surface area contributed by atoms with Crippen molar-refractivity contribution in [1.82, 2.24) is 0 Å². The van der Waals surface area contributed by atoms with Gasteiger partial charge in [0.15, 0.2) is 0 Å². The standard InChI is InChI=1S/C18H22N2O/c1-3-4-7-14-9-11-15(12-10-14)20-18(21)16-8-5-6-13(2)17(16)19/h5-6,8-12H,3-4,7,19H2,1-2H3,(H,20,21). The van der Waals surface area contributed by atoms with E-state index in [-0.39, 0.29) is 5.91 Å². The fourth-order valence-corrected chi connectivity index (χ4v) is 2.21. The van der Waals surface area contributed by atoms with E-state index in [9.17, 15) is 4.79 Å². The normalized spacial score (nSPS) is 10.4. The van der Waals surface area contributed by atoms with Crippen molar-refractivity contribution < 1.29 is 4.79 Å². The van der Waals surface area contributed by atoms with Crippen molar-refractivity contribution in [3.63, 3.8) is 0 Å². The van der Waals surface area contributed by atoms with E-state index in [1.807, 2.05) is 31.2 Å². The number of amides is 1. The number of unbranched alkanes of at least 4 members (excludes halogenated alkanes) is 1. The quantitative estimate of drug-likeness (QED) is 0.809. The van der Waals surface area contributed by atoms with Crippen molar-refractivity contribution in [2.24, 2.45) is 0 Å². The van der Waals surface area contributed by atoms with Crippen LogP contribution < -0.4 is 11.1 Å². The number of hydrogen-bond acceptors (Lipinski definition) is 2. The van der Waals surface area contributed by atoms with Gasteiger partial charge >= 0.3 is 0 Å². The largest absolute Gasteiger partial charge is 0.398 e. The molecule has 2 rings (SSSR count). The SMILES string of the molecule is CCCCc1ccc(NC(=O)c2cccc(C)c2N)cc1. The number of aryl methyl sites for hydroxylation is 2. The van der Waals surface area contributed by atoms with Crippen molar-refractivity contribution in [3.8, 4) is 0 Å². The molecule has 0 fully saturated rings. The molecule has 0 aliphatic rings. The van der Waals surface area contributed by atoms with Gasteiger partial charge in [-0.3, -0.25) is 4.79 Å². The van der Waals surface area contributed by atoms with Gasteiger partial charge < -0.3 is 11.1 Å². The van der Waals surface area contributed by atoms with Gasteiger partial charge in [-0.2, -0.15) is 0 Å². The Morgan fingerprint density at radius 2 is 1.86 bits per heavy atom. The van der Waals surface area contributed by atoms with Crippen molar-refractivity contribution in [1.29, 1.82) is 0 Å². The summed E-state index contributed by atoms with van der Waals surface area (Å²) < 4.78 is 0. The molecule has 110 valence electrons. The molecule has 0 spiro atoms. The van der Waals surface area contributed by atoms with Crippen molar-refractivity contribution >= 4 is 17.3 Å². The Balaban J connectivity index is 2.07. The van der Waals surface area contributed by atoms with Crippen LogP contribution in [0.25, 0.3) is 0 Å². The first kappa shape index (κ1) is 15.1. The van der Waals surface area contributed by atoms with E-state index in [0.29, 0.717) is 11.3 Å². The van der Waals surface area contributed by atoms with E-state index in [0.717, 1.165) is 17.7 Å². The van der Waals surface area contributed by atoms with Crippen LogP contribution in [0, 0.1) is 6.92 Å². The number of para-hydroxylation sites is 1. The van der Waals surface area contributed by atoms with Crippen molar-refractivity contribution in [2.45, 2.75) is 33.1 Å². The first-order valence-electron chi connectivity index (χ1n) is 7.37. The summed E-state index contributed by atoms with van der Waals surface area (Å²) in [5.41, 5.74) is 10.0. The van der Waals surface area contributed by atoms with Crippen molar-refractivity contribution in [3.05, 3.63) is 59.2 Å². The topological polar surface area (TPSA) is 55.1 Å². The molecule has 1 amide bonds. The van der Waals surface area contributed by atoms with Crippen LogP contribution in [0.3, 0.4) is 0 Å². The smallest absolute Gasteiger partial charge is 0.257 e. The third kappa shape index (κ3) is 3.85. The zero-order valence-electron chi connectivity index (χ0n) is 12.6. The zero-order chi connectivity index (χ0) is 15.2. The minimum absolute atomic E-state index is 0.169. The summed E-state index contributed by atoms with van der Waals surface area (Å²) in [6.07, 6.45) is 3.45. The number of nitrogens with one attached hydrogen (secondary N) is 1. The molecule has 0 radical (unpaired) electrons. The molecule has 0 aliphatic heterocycles. The lowest BCUT2D eigenvalue weighted by Gasteiger charge is -2.10. The lowest BCUT2D eigenvalue weighted by Crippen LogP contribution is -2.14. The number of nitrogen functional groups attached to an aromatic ring is 1. The van der Waals surface area contributed by atoms with Gasteiger partial charge in [-0.15, -0.1) is 0 Å². The Morgan fingerprint density at radius 1 is 1.14 bits per heavy atom. The average molecular weight is 282 g/mol. The lowest BCUT2D eigenvalue weighted by atomic mass is 10.1. The number of hydrogen-bond donors (Lipinski definition) is 2. The Bertz CT molecular complexity index is 618. The van der Waals surface area contributed by atoms with E-state index in [2.05, 4.69) is 24.4 Å². The second-order valence-corrected chi connectivity index (χ2v) is 5.29. The molecule has 3 N–H and O–H groups in total. The van der Waals surface area contributed by atoms with Gasteiger partial charge in [0.1, 0.15) is 0 Å². The molecule has 3 nitrogen and oxygen atoms in total. The maximum absolute atomic E-state index is 12.3. The molecular weight excluding hydrogens is 260 g/mol. The number of carbonyl (C=O) groups excluding carboxylic acids is 1. The summed E-state index contributed by atoms with van der Waals surface area (Å²) in [4.78, 5) is 12.3. The molecule has 0 heterocycles. The molecular formula is C18H22N2O. The molecule has 0 saturated heterocycles. The summed E-state index contributed by atoms with van der Waals surface area (Å²) in [5.74, 6) is -0.169. The van der Waals surface area contributed by atoms with Gasteiger partial charge in [-0.25, -0.2) is 0 Å². The molecule has 3 heteroatoms. The first-order valence-corrected chi connectivity index (χ1v) is 7.37. The van der Waals surface area contributed by atoms with Gasteiger partial charge in [0.25, 0.3) is 5.91 Å². The van der Waals surface area contributed by atoms with Crippen LogP contribution in [0.1, 0.15) is 41.3 Å². The van der Waals surface area contributed by atoms with Crippen LogP contribution in [0.5, 0.6) is 0 Å². The summed E-state index contributed by atoms with van der Waals surface area (Å²) in [6.45, 7) is 4.08. The zero-order valence-corrected chi connectivity index (χ0v) is 12.6. The maximum atomic E-state index is 12.3. The van der Waals surface area contributed by atoms with Crippen LogP contribution in [0.2, 0.25) is 0 Å². The second kappa shape index (κ2) is 6.93. The van der Waals surface area contributed by atoms with E-state index < -0.39 is 0 Å². The molecule has 2 aromatic rings. The Hall–Kier alpha value is -2.29. The predicted molar refractivity (Wildman–Crippen MR) is 88.6 cm³/mol. The van der Waals surface area contributed by atoms with Gasteiger partial charge in [0.2, 0.25) is 0 Å². The Labute approximate surface area is 126 Å². The molecule has 2 aromatic carbocycles. The minimum atomic E-state index is -0.169. The van der Waals surface area contributed by atoms with Gasteiger partial charge in [-0.1, -0.05) is 37.6 Å². The third-order valence-electron chi connectivity index (χ3n) is 3.60. The van der Waals surface area contributed by atoms with Gasteiger partial charge in [0, 0.05) is 11.4 Å². The van der Waals surface area contributed by atoms with Crippen LogP contribution in [-0.2, 0) is 6.42 Å². The highest BCUT2D eigenvalue weighted by atomic mass is 16.1. The highest BCUT2D eigenvalue weighted by molar-refractivity contribution is 6.08. The summed E-state index contributed by atoms with van der Waals surface area (Å²) in [7, 11) is 0. The number of anilines is 2. The van der Waals surface area contributed by atoms with E-state index in [1.165, 1.54) is 18.4 Å². The van der Waals surface area contributed by atoms with Gasteiger partial charge in [-0.05, 0) is 49.1 Å². The molecule has 0 atom stereocenters. The summed E-state index contributed by atoms with van der Waals surface area (Å²) >= 11 is 0. The molecule has 21 heavy (non-hydrogen) atoms. The lowest BCUT2D eigenvalue weighted by molar-refractivity contribution is 0.102. The predicted octanol–water partition coefficient (Wildman–Crippen LogP) is 4.17. The number of rotatable bonds is 5. The first-order chi connectivity index (χ1) is 10.1. The van der Waals surface area contributed by atoms with Gasteiger partial charge in [0.05, 0.1) is 5.56 Å². The minimum Gasteiger partial charge on any atom is -0.398 e. The average Bonchev–Trinajstić information content (AvgIpc) is 2.49. The fraction of sp³-hybridized carbons (Fsp3) is 0.278. The Kier molecular flexibility index (Phi) is 4.99. The maximum Gasteiger partial charge on any atom is 0.257 e. The second-order valence-electron chi connectivity index (χ2n) is 5.29. The number of nitrogens with two attached hydrogens (primary N) is 1. The highest BCUT2D eigenvalue weighted by Crippen LogP contribution is 2.19. The van der Waals surface area contributed by atoms with E-state index in [4.69, 9.17) is 5.73 Å². The Morgan fingerprint density at radius 3 is 2.52 bits per heavy atom. The number of carbonyl (C=O) groups is 1. The fourth-order valence-electron chi connectivity index (χ4n) is 2.21. The van der Waals surface area contributed by atoms with Crippen LogP contribution in [0.4, 0.5) is 11.4 Å². The molecule has 0 bridgehead atoms. The van der Waals surface area contributed by atoms with Crippen LogP contribution in [-0.4, -0.2) is 5.91 Å². The molecule has 0 aromatic heterocycles. The van der Waals surface area contributed by atoms with Crippen LogP contribution >= 0.6 is 0 Å². The monoisotopic (exact) mass is 282 g/mol. The van der Waals surface area contributed by atoms with Crippen LogP contribution in [0.15, 0.2) is 42.5 Å². The van der Waals surface area contributed by atoms with E-state index in [1.54, 1.807) is 6.07 Å². The molecule has 0 saturated carbocycles. The van der Waals surface area contributed by atoms with E-state index >= 15 is 0 Å². The number of benzene rings is 2. The molecule has 0 unspecified atom stereocenters. The summed E-state index contributed by atoms with van der Waals surface area (Å²) in [5, 5.41) is 2.89. The molecule has 0 aliphatic carbocycles.